The monoisotopic (exact) mass is 345 g/mol. The number of nitrogens with zero attached hydrogens (tertiary/aromatic N) is 1. The first-order chi connectivity index (χ1) is 11.6. The molecule has 0 unspecified atom stereocenters. The fourth-order valence-electron chi connectivity index (χ4n) is 3.90. The number of carbonyl (C=O) groups is 2. The molecule has 1 atom stereocenters. The highest BCUT2D eigenvalue weighted by atomic mass is 35.5. The number of aromatic amines is 1. The van der Waals surface area contributed by atoms with Crippen LogP contribution in [0.2, 0.25) is 5.02 Å². The van der Waals surface area contributed by atoms with Crippen molar-refractivity contribution in [2.75, 3.05) is 6.54 Å². The van der Waals surface area contributed by atoms with E-state index in [2.05, 4.69) is 10.3 Å². The Kier molecular flexibility index (Phi) is 3.96. The molecule has 1 saturated heterocycles. The van der Waals surface area contributed by atoms with E-state index in [1.54, 1.807) is 0 Å². The molecule has 0 bridgehead atoms. The standard InChI is InChI=1S/C18H20ClN3O2/c19-14-7-3-6-13-12(9-20-16(13)14)8-15-17(23)22(18(24)21-15)10-11-4-1-2-5-11/h3,6-7,9,11,15,20H,1-2,4-5,8,10H2,(H,21,24)/t15-/m1/s1. The highest BCUT2D eigenvalue weighted by Crippen LogP contribution is 2.28. The van der Waals surface area contributed by atoms with Crippen LogP contribution >= 0.6 is 11.6 Å². The maximum absolute atomic E-state index is 12.6. The zero-order valence-corrected chi connectivity index (χ0v) is 14.1. The van der Waals surface area contributed by atoms with Gasteiger partial charge in [0.05, 0.1) is 10.5 Å². The summed E-state index contributed by atoms with van der Waals surface area (Å²) in [6.07, 6.45) is 6.98. The Hall–Kier alpha value is -2.01. The van der Waals surface area contributed by atoms with Crippen molar-refractivity contribution in [2.24, 2.45) is 5.92 Å². The summed E-state index contributed by atoms with van der Waals surface area (Å²) in [6, 6.07) is 4.95. The van der Waals surface area contributed by atoms with E-state index < -0.39 is 6.04 Å². The van der Waals surface area contributed by atoms with Crippen LogP contribution < -0.4 is 5.32 Å². The number of H-pyrrole nitrogens is 1. The molecule has 4 rings (SSSR count). The van der Waals surface area contributed by atoms with Gasteiger partial charge in [0.1, 0.15) is 6.04 Å². The molecule has 2 N–H and O–H groups in total. The first-order valence-electron chi connectivity index (χ1n) is 8.50. The number of para-hydroxylation sites is 1. The van der Waals surface area contributed by atoms with Crippen molar-refractivity contribution in [1.82, 2.24) is 15.2 Å². The van der Waals surface area contributed by atoms with Gasteiger partial charge in [-0.15, -0.1) is 0 Å². The Morgan fingerprint density at radius 2 is 2.00 bits per heavy atom. The maximum Gasteiger partial charge on any atom is 0.324 e. The number of halogens is 1. The Bertz CT molecular complexity index is 795. The van der Waals surface area contributed by atoms with Crippen LogP contribution in [0.25, 0.3) is 10.9 Å². The summed E-state index contributed by atoms with van der Waals surface area (Å²) in [6.45, 7) is 0.556. The van der Waals surface area contributed by atoms with Gasteiger partial charge < -0.3 is 10.3 Å². The predicted octanol–water partition coefficient (Wildman–Crippen LogP) is 3.47. The summed E-state index contributed by atoms with van der Waals surface area (Å²) in [5.74, 6) is 0.355. The van der Waals surface area contributed by atoms with Gasteiger partial charge in [-0.05, 0) is 30.4 Å². The van der Waals surface area contributed by atoms with Gasteiger partial charge >= 0.3 is 6.03 Å². The molecule has 1 aromatic heterocycles. The number of urea groups is 1. The van der Waals surface area contributed by atoms with Crippen LogP contribution in [-0.2, 0) is 11.2 Å². The van der Waals surface area contributed by atoms with E-state index in [1.165, 1.54) is 17.7 Å². The third-order valence-electron chi connectivity index (χ3n) is 5.20. The minimum atomic E-state index is -0.489. The smallest absolute Gasteiger partial charge is 0.324 e. The number of rotatable bonds is 4. The SMILES string of the molecule is O=C1N[C@H](Cc2c[nH]c3c(Cl)cccc23)C(=O)N1CC1CCCC1. The lowest BCUT2D eigenvalue weighted by atomic mass is 10.0. The number of aromatic nitrogens is 1. The van der Waals surface area contributed by atoms with Crippen LogP contribution in [0.15, 0.2) is 24.4 Å². The third-order valence-corrected chi connectivity index (χ3v) is 5.51. The van der Waals surface area contributed by atoms with E-state index in [4.69, 9.17) is 11.6 Å². The second kappa shape index (κ2) is 6.13. The van der Waals surface area contributed by atoms with Gasteiger partial charge in [0.25, 0.3) is 5.91 Å². The second-order valence-corrected chi connectivity index (χ2v) is 7.19. The molecule has 24 heavy (non-hydrogen) atoms. The van der Waals surface area contributed by atoms with Crippen molar-refractivity contribution >= 4 is 34.4 Å². The zero-order chi connectivity index (χ0) is 16.7. The Morgan fingerprint density at radius 1 is 1.21 bits per heavy atom. The van der Waals surface area contributed by atoms with Gasteiger partial charge in [-0.1, -0.05) is 36.6 Å². The second-order valence-electron chi connectivity index (χ2n) is 6.78. The number of nitrogens with one attached hydrogen (secondary N) is 2. The van der Waals surface area contributed by atoms with Crippen LogP contribution in [0.4, 0.5) is 4.79 Å². The molecule has 126 valence electrons. The van der Waals surface area contributed by atoms with Crippen molar-refractivity contribution in [2.45, 2.75) is 38.1 Å². The number of amides is 3. The van der Waals surface area contributed by atoms with Gasteiger partial charge in [-0.2, -0.15) is 0 Å². The van der Waals surface area contributed by atoms with E-state index in [9.17, 15) is 9.59 Å². The van der Waals surface area contributed by atoms with Crippen molar-refractivity contribution in [3.8, 4) is 0 Å². The van der Waals surface area contributed by atoms with Crippen molar-refractivity contribution < 1.29 is 9.59 Å². The lowest BCUT2D eigenvalue weighted by Crippen LogP contribution is -2.35. The fraction of sp³-hybridized carbons (Fsp3) is 0.444. The van der Waals surface area contributed by atoms with E-state index >= 15 is 0 Å². The lowest BCUT2D eigenvalue weighted by molar-refractivity contribution is -0.127. The Balaban J connectivity index is 1.51. The number of imide groups is 1. The highest BCUT2D eigenvalue weighted by molar-refractivity contribution is 6.35. The first-order valence-corrected chi connectivity index (χ1v) is 8.87. The molecule has 1 saturated carbocycles. The zero-order valence-electron chi connectivity index (χ0n) is 13.3. The largest absolute Gasteiger partial charge is 0.360 e. The highest BCUT2D eigenvalue weighted by Gasteiger charge is 2.39. The molecular weight excluding hydrogens is 326 g/mol. The van der Waals surface area contributed by atoms with Gasteiger partial charge in [0, 0.05) is 24.5 Å². The first kappa shape index (κ1) is 15.5. The predicted molar refractivity (Wildman–Crippen MR) is 93.0 cm³/mol. The molecule has 2 heterocycles. The Morgan fingerprint density at radius 3 is 2.79 bits per heavy atom. The summed E-state index contributed by atoms with van der Waals surface area (Å²) in [7, 11) is 0. The van der Waals surface area contributed by atoms with Gasteiger partial charge in [-0.3, -0.25) is 9.69 Å². The van der Waals surface area contributed by atoms with Crippen LogP contribution in [-0.4, -0.2) is 34.4 Å². The number of hydrogen-bond donors (Lipinski definition) is 2. The topological polar surface area (TPSA) is 65.2 Å². The molecule has 2 fully saturated rings. The number of carbonyl (C=O) groups excluding carboxylic acids is 2. The average Bonchev–Trinajstić information content (AvgIpc) is 3.26. The van der Waals surface area contributed by atoms with Crippen molar-refractivity contribution in [1.29, 1.82) is 0 Å². The quantitative estimate of drug-likeness (QED) is 0.833. The van der Waals surface area contributed by atoms with Crippen LogP contribution in [0.1, 0.15) is 31.2 Å². The molecule has 6 heteroatoms. The molecule has 3 amide bonds. The maximum atomic E-state index is 12.6. The minimum Gasteiger partial charge on any atom is -0.360 e. The summed E-state index contributed by atoms with van der Waals surface area (Å²) < 4.78 is 0. The number of fused-ring (bicyclic) bond motifs is 1. The average molecular weight is 346 g/mol. The van der Waals surface area contributed by atoms with Gasteiger partial charge in [0.2, 0.25) is 0 Å². The molecule has 5 nitrogen and oxygen atoms in total. The molecule has 0 spiro atoms. The summed E-state index contributed by atoms with van der Waals surface area (Å²) in [4.78, 5) is 29.4. The third kappa shape index (κ3) is 2.67. The summed E-state index contributed by atoms with van der Waals surface area (Å²) in [5, 5.41) is 4.49. The van der Waals surface area contributed by atoms with Gasteiger partial charge in [-0.25, -0.2) is 4.79 Å². The van der Waals surface area contributed by atoms with Crippen molar-refractivity contribution in [3.63, 3.8) is 0 Å². The van der Waals surface area contributed by atoms with E-state index in [0.717, 1.165) is 29.3 Å². The molecule has 1 aromatic carbocycles. The molecule has 2 aromatic rings. The van der Waals surface area contributed by atoms with E-state index in [-0.39, 0.29) is 11.9 Å². The normalized spacial score (nSPS) is 21.9. The van der Waals surface area contributed by atoms with E-state index in [1.807, 2.05) is 24.4 Å². The number of hydrogen-bond acceptors (Lipinski definition) is 2. The summed E-state index contributed by atoms with van der Waals surface area (Å²) >= 11 is 6.18. The molecular formula is C18H20ClN3O2. The molecule has 1 aliphatic carbocycles. The lowest BCUT2D eigenvalue weighted by Gasteiger charge is -2.17. The minimum absolute atomic E-state index is 0.108. The van der Waals surface area contributed by atoms with Crippen LogP contribution in [0.5, 0.6) is 0 Å². The Labute approximate surface area is 145 Å². The van der Waals surface area contributed by atoms with Gasteiger partial charge in [0.15, 0.2) is 0 Å². The molecule has 1 aliphatic heterocycles. The number of benzene rings is 1. The van der Waals surface area contributed by atoms with E-state index in [0.29, 0.717) is 23.9 Å². The van der Waals surface area contributed by atoms with Crippen molar-refractivity contribution in [3.05, 3.63) is 35.0 Å². The molecule has 0 radical (unpaired) electrons. The fourth-order valence-corrected chi connectivity index (χ4v) is 4.13. The van der Waals surface area contributed by atoms with Crippen LogP contribution in [0, 0.1) is 5.92 Å². The molecule has 2 aliphatic rings. The summed E-state index contributed by atoms with van der Waals surface area (Å²) in [5.41, 5.74) is 1.86. The van der Waals surface area contributed by atoms with Crippen LogP contribution in [0.3, 0.4) is 0 Å².